The number of aliphatic hydroxyl groups is 1. The lowest BCUT2D eigenvalue weighted by Gasteiger charge is -2.35. The average molecular weight is 340 g/mol. The van der Waals surface area contributed by atoms with Gasteiger partial charge in [0.15, 0.2) is 5.78 Å². The van der Waals surface area contributed by atoms with Crippen LogP contribution in [-0.2, 0) is 0 Å². The van der Waals surface area contributed by atoms with E-state index in [0.717, 1.165) is 29.3 Å². The van der Waals surface area contributed by atoms with Crippen molar-refractivity contribution in [1.29, 1.82) is 0 Å². The van der Waals surface area contributed by atoms with Crippen LogP contribution in [-0.4, -0.2) is 41.5 Å². The predicted molar refractivity (Wildman–Crippen MR) is 84.0 cm³/mol. The van der Waals surface area contributed by atoms with Crippen LogP contribution in [0.3, 0.4) is 0 Å². The van der Waals surface area contributed by atoms with E-state index in [0.29, 0.717) is 13.0 Å². The van der Waals surface area contributed by atoms with Gasteiger partial charge in [-0.2, -0.15) is 0 Å². The number of rotatable bonds is 5. The molecule has 2 rings (SSSR count). The fourth-order valence-electron chi connectivity index (χ4n) is 2.86. The van der Waals surface area contributed by atoms with Gasteiger partial charge < -0.3 is 10.0 Å². The van der Waals surface area contributed by atoms with Crippen LogP contribution in [0.2, 0.25) is 0 Å². The highest BCUT2D eigenvalue weighted by molar-refractivity contribution is 9.10. The van der Waals surface area contributed by atoms with E-state index in [1.54, 1.807) is 0 Å². The fourth-order valence-corrected chi connectivity index (χ4v) is 3.26. The van der Waals surface area contributed by atoms with Crippen LogP contribution >= 0.6 is 15.9 Å². The van der Waals surface area contributed by atoms with Crippen LogP contribution in [0.15, 0.2) is 28.7 Å². The largest absolute Gasteiger partial charge is 0.391 e. The molecule has 1 N–H and O–H groups in total. The van der Waals surface area contributed by atoms with E-state index in [9.17, 15) is 9.90 Å². The number of halogens is 1. The Balaban J connectivity index is 1.86. The molecule has 0 bridgehead atoms. The number of aliphatic hydroxyl groups excluding tert-OH is 1. The third kappa shape index (κ3) is 4.14. The lowest BCUT2D eigenvalue weighted by atomic mass is 9.91. The number of carbonyl (C=O) groups excluding carboxylic acids is 1. The normalized spacial score (nSPS) is 23.0. The first kappa shape index (κ1) is 15.7. The smallest absolute Gasteiger partial charge is 0.164 e. The third-order valence-electron chi connectivity index (χ3n) is 4.10. The number of likely N-dealkylation sites (N-methyl/N-ethyl adjacent to an activating group) is 1. The SMILES string of the molecule is CN(CCC(=O)c1cccc(Br)c1)C1CCCCC1O. The van der Waals surface area contributed by atoms with Gasteiger partial charge >= 0.3 is 0 Å². The summed E-state index contributed by atoms with van der Waals surface area (Å²) in [6, 6.07) is 7.71. The van der Waals surface area contributed by atoms with Crippen molar-refractivity contribution in [2.75, 3.05) is 13.6 Å². The lowest BCUT2D eigenvalue weighted by Crippen LogP contribution is -2.44. The molecule has 2 atom stereocenters. The lowest BCUT2D eigenvalue weighted by molar-refractivity contribution is 0.0315. The van der Waals surface area contributed by atoms with Gasteiger partial charge in [0.25, 0.3) is 0 Å². The summed E-state index contributed by atoms with van der Waals surface area (Å²) < 4.78 is 0.930. The van der Waals surface area contributed by atoms with Gasteiger partial charge in [0.2, 0.25) is 0 Å². The minimum Gasteiger partial charge on any atom is -0.391 e. The van der Waals surface area contributed by atoms with Gasteiger partial charge in [0.1, 0.15) is 0 Å². The van der Waals surface area contributed by atoms with E-state index in [4.69, 9.17) is 0 Å². The number of carbonyl (C=O) groups is 1. The van der Waals surface area contributed by atoms with Crippen molar-refractivity contribution < 1.29 is 9.90 Å². The molecule has 0 aliphatic heterocycles. The van der Waals surface area contributed by atoms with Gasteiger partial charge in [-0.1, -0.05) is 40.9 Å². The number of hydrogen-bond donors (Lipinski definition) is 1. The van der Waals surface area contributed by atoms with E-state index < -0.39 is 0 Å². The first-order valence-corrected chi connectivity index (χ1v) is 8.04. The highest BCUT2D eigenvalue weighted by Gasteiger charge is 2.26. The Kier molecular flexibility index (Phi) is 5.75. The van der Waals surface area contributed by atoms with Crippen LogP contribution in [0.1, 0.15) is 42.5 Å². The summed E-state index contributed by atoms with van der Waals surface area (Å²) >= 11 is 3.39. The average Bonchev–Trinajstić information content (AvgIpc) is 2.45. The highest BCUT2D eigenvalue weighted by atomic mass is 79.9. The minimum atomic E-state index is -0.241. The standard InChI is InChI=1S/C16H22BrNO2/c1-18(14-7-2-3-8-16(14)20)10-9-15(19)12-5-4-6-13(17)11-12/h4-6,11,14,16,20H,2-3,7-10H2,1H3. The summed E-state index contributed by atoms with van der Waals surface area (Å²) in [5.41, 5.74) is 0.747. The first-order chi connectivity index (χ1) is 9.58. The van der Waals surface area contributed by atoms with Crippen LogP contribution in [0, 0.1) is 0 Å². The molecule has 1 saturated carbocycles. The number of benzene rings is 1. The maximum absolute atomic E-state index is 12.2. The number of nitrogens with zero attached hydrogens (tertiary/aromatic N) is 1. The van der Waals surface area contributed by atoms with Crippen LogP contribution in [0.4, 0.5) is 0 Å². The summed E-state index contributed by atoms with van der Waals surface area (Å²) in [4.78, 5) is 14.3. The van der Waals surface area contributed by atoms with Gasteiger partial charge in [-0.05, 0) is 32.0 Å². The molecule has 2 unspecified atom stereocenters. The third-order valence-corrected chi connectivity index (χ3v) is 4.59. The molecule has 3 nitrogen and oxygen atoms in total. The second-order valence-corrected chi connectivity index (χ2v) is 6.50. The molecule has 0 radical (unpaired) electrons. The molecule has 20 heavy (non-hydrogen) atoms. The Morgan fingerprint density at radius 3 is 2.85 bits per heavy atom. The number of ketones is 1. The van der Waals surface area contributed by atoms with Crippen molar-refractivity contribution in [2.24, 2.45) is 0 Å². The van der Waals surface area contributed by atoms with Gasteiger partial charge in [0, 0.05) is 29.0 Å². The molecule has 1 fully saturated rings. The first-order valence-electron chi connectivity index (χ1n) is 7.25. The highest BCUT2D eigenvalue weighted by Crippen LogP contribution is 2.22. The summed E-state index contributed by atoms with van der Waals surface area (Å²) in [7, 11) is 2.01. The van der Waals surface area contributed by atoms with E-state index in [1.807, 2.05) is 31.3 Å². The topological polar surface area (TPSA) is 40.5 Å². The molecule has 0 amide bonds. The molecule has 1 aromatic carbocycles. The van der Waals surface area contributed by atoms with E-state index in [2.05, 4.69) is 20.8 Å². The Morgan fingerprint density at radius 2 is 2.15 bits per heavy atom. The number of Topliss-reactive ketones (excluding diaryl/α,β-unsaturated/α-hetero) is 1. The molecule has 0 spiro atoms. The van der Waals surface area contributed by atoms with Crippen molar-refractivity contribution in [3.8, 4) is 0 Å². The van der Waals surface area contributed by atoms with Gasteiger partial charge in [0.05, 0.1) is 6.10 Å². The molecule has 110 valence electrons. The van der Waals surface area contributed by atoms with Gasteiger partial charge in [-0.3, -0.25) is 4.79 Å². The maximum Gasteiger partial charge on any atom is 0.164 e. The minimum absolute atomic E-state index is 0.156. The van der Waals surface area contributed by atoms with Gasteiger partial charge in [-0.25, -0.2) is 0 Å². The van der Waals surface area contributed by atoms with E-state index in [-0.39, 0.29) is 17.9 Å². The molecule has 0 saturated heterocycles. The number of hydrogen-bond acceptors (Lipinski definition) is 3. The zero-order valence-corrected chi connectivity index (χ0v) is 13.5. The zero-order valence-electron chi connectivity index (χ0n) is 11.9. The molecule has 0 heterocycles. The van der Waals surface area contributed by atoms with Crippen molar-refractivity contribution in [3.63, 3.8) is 0 Å². The molecule has 1 aliphatic carbocycles. The second kappa shape index (κ2) is 7.34. The zero-order chi connectivity index (χ0) is 14.5. The van der Waals surface area contributed by atoms with Crippen molar-refractivity contribution in [1.82, 2.24) is 4.90 Å². The van der Waals surface area contributed by atoms with Crippen LogP contribution in [0.5, 0.6) is 0 Å². The fraction of sp³-hybridized carbons (Fsp3) is 0.562. The van der Waals surface area contributed by atoms with Gasteiger partial charge in [-0.15, -0.1) is 0 Å². The molecule has 0 aromatic heterocycles. The predicted octanol–water partition coefficient (Wildman–Crippen LogP) is 3.26. The molecular formula is C16H22BrNO2. The Hall–Kier alpha value is -0.710. The van der Waals surface area contributed by atoms with E-state index in [1.165, 1.54) is 6.42 Å². The van der Waals surface area contributed by atoms with Crippen LogP contribution < -0.4 is 0 Å². The maximum atomic E-state index is 12.2. The van der Waals surface area contributed by atoms with Crippen LogP contribution in [0.25, 0.3) is 0 Å². The van der Waals surface area contributed by atoms with Crippen molar-refractivity contribution >= 4 is 21.7 Å². The quantitative estimate of drug-likeness (QED) is 0.837. The van der Waals surface area contributed by atoms with Crippen molar-refractivity contribution in [2.45, 2.75) is 44.2 Å². The van der Waals surface area contributed by atoms with Crippen molar-refractivity contribution in [3.05, 3.63) is 34.3 Å². The van der Waals surface area contributed by atoms with E-state index >= 15 is 0 Å². The molecule has 1 aromatic rings. The Labute approximate surface area is 129 Å². The molecule has 1 aliphatic rings. The summed E-state index contributed by atoms with van der Waals surface area (Å²) in [6.45, 7) is 0.701. The Morgan fingerprint density at radius 1 is 1.40 bits per heavy atom. The Bertz CT molecular complexity index is 464. The second-order valence-electron chi connectivity index (χ2n) is 5.58. The summed E-state index contributed by atoms with van der Waals surface area (Å²) in [5.74, 6) is 0.156. The monoisotopic (exact) mass is 339 g/mol. The summed E-state index contributed by atoms with van der Waals surface area (Å²) in [6.07, 6.45) is 4.46. The molecule has 4 heteroatoms. The molecular weight excluding hydrogens is 318 g/mol. The summed E-state index contributed by atoms with van der Waals surface area (Å²) in [5, 5.41) is 10.0.